The molecule has 0 aliphatic carbocycles. The van der Waals surface area contributed by atoms with Crippen molar-refractivity contribution in [2.24, 2.45) is 0 Å². The lowest BCUT2D eigenvalue weighted by molar-refractivity contribution is -0.00618. The van der Waals surface area contributed by atoms with Crippen molar-refractivity contribution >= 4 is 0 Å². The molecule has 5 nitrogen and oxygen atoms in total. The number of halogens is 1. The van der Waals surface area contributed by atoms with Gasteiger partial charge in [-0.05, 0) is 17.7 Å². The fourth-order valence-corrected chi connectivity index (χ4v) is 3.31. The summed E-state index contributed by atoms with van der Waals surface area (Å²) in [6.07, 6.45) is -0.360. The van der Waals surface area contributed by atoms with Gasteiger partial charge in [0.05, 0.1) is 26.4 Å². The molecule has 0 aromatic heterocycles. The van der Waals surface area contributed by atoms with E-state index >= 15 is 0 Å². The van der Waals surface area contributed by atoms with Crippen molar-refractivity contribution in [3.8, 4) is 5.75 Å². The third-order valence-electron chi connectivity index (χ3n) is 4.47. The minimum absolute atomic E-state index is 0.145. The van der Waals surface area contributed by atoms with Gasteiger partial charge >= 0.3 is 0 Å². The van der Waals surface area contributed by atoms with E-state index in [1.54, 1.807) is 6.07 Å². The van der Waals surface area contributed by atoms with Gasteiger partial charge in [0.1, 0.15) is 0 Å². The maximum absolute atomic E-state index is 13.8. The van der Waals surface area contributed by atoms with E-state index in [-0.39, 0.29) is 23.7 Å². The number of benzene rings is 1. The standard InChI is InChI=1S/C16H23FN2O3/c1-21-16-3-2-12(8-13(16)17)9-18-10-14(15(20)11-18)19-4-6-22-7-5-19/h2-3,8,14-15,20H,4-7,9-11H2,1H3/t14-,15-/m1/s1. The van der Waals surface area contributed by atoms with Gasteiger partial charge in [-0.15, -0.1) is 0 Å². The summed E-state index contributed by atoms with van der Waals surface area (Å²) in [4.78, 5) is 4.47. The second-order valence-electron chi connectivity index (χ2n) is 5.95. The van der Waals surface area contributed by atoms with Crippen LogP contribution in [0, 0.1) is 5.82 Å². The van der Waals surface area contributed by atoms with Gasteiger partial charge in [0.2, 0.25) is 0 Å². The van der Waals surface area contributed by atoms with Gasteiger partial charge < -0.3 is 14.6 Å². The molecule has 0 unspecified atom stereocenters. The highest BCUT2D eigenvalue weighted by atomic mass is 19.1. The largest absolute Gasteiger partial charge is 0.494 e. The number of aliphatic hydroxyl groups excluding tert-OH is 1. The first kappa shape index (κ1) is 15.7. The first-order chi connectivity index (χ1) is 10.7. The Morgan fingerprint density at radius 1 is 1.32 bits per heavy atom. The monoisotopic (exact) mass is 310 g/mol. The van der Waals surface area contributed by atoms with Crippen LogP contribution >= 0.6 is 0 Å². The molecule has 122 valence electrons. The van der Waals surface area contributed by atoms with Crippen LogP contribution in [0.15, 0.2) is 18.2 Å². The highest BCUT2D eigenvalue weighted by Gasteiger charge is 2.35. The van der Waals surface area contributed by atoms with E-state index in [4.69, 9.17) is 9.47 Å². The second-order valence-corrected chi connectivity index (χ2v) is 5.95. The summed E-state index contributed by atoms with van der Waals surface area (Å²) >= 11 is 0. The summed E-state index contributed by atoms with van der Waals surface area (Å²) in [5.41, 5.74) is 0.896. The number of β-amino-alcohol motifs (C(OH)–C–C–N with tert-alkyl or cyclic N) is 1. The van der Waals surface area contributed by atoms with E-state index in [0.29, 0.717) is 13.1 Å². The number of likely N-dealkylation sites (tertiary alicyclic amines) is 1. The van der Waals surface area contributed by atoms with E-state index in [2.05, 4.69) is 9.80 Å². The van der Waals surface area contributed by atoms with Crippen molar-refractivity contribution in [3.05, 3.63) is 29.6 Å². The smallest absolute Gasteiger partial charge is 0.165 e. The highest BCUT2D eigenvalue weighted by molar-refractivity contribution is 5.29. The number of methoxy groups -OCH3 is 1. The predicted molar refractivity (Wildman–Crippen MR) is 80.4 cm³/mol. The number of rotatable bonds is 4. The lowest BCUT2D eigenvalue weighted by Gasteiger charge is -2.33. The van der Waals surface area contributed by atoms with Crippen LogP contribution in [-0.4, -0.2) is 73.6 Å². The number of aliphatic hydroxyl groups is 1. The molecule has 22 heavy (non-hydrogen) atoms. The summed E-state index contributed by atoms with van der Waals surface area (Å²) in [5, 5.41) is 10.3. The van der Waals surface area contributed by atoms with E-state index < -0.39 is 0 Å². The Hall–Kier alpha value is -1.21. The van der Waals surface area contributed by atoms with Gasteiger partial charge in [0.25, 0.3) is 0 Å². The summed E-state index contributed by atoms with van der Waals surface area (Å²) < 4.78 is 24.1. The molecule has 0 radical (unpaired) electrons. The molecule has 6 heteroatoms. The van der Waals surface area contributed by atoms with Crippen molar-refractivity contribution in [1.82, 2.24) is 9.80 Å². The lowest BCUT2D eigenvalue weighted by Crippen LogP contribution is -2.48. The number of hydrogen-bond donors (Lipinski definition) is 1. The Labute approximate surface area is 130 Å². The Kier molecular flexibility index (Phi) is 4.93. The molecule has 2 heterocycles. The molecule has 1 aromatic rings. The van der Waals surface area contributed by atoms with Crippen LogP contribution in [-0.2, 0) is 11.3 Å². The van der Waals surface area contributed by atoms with Crippen LogP contribution < -0.4 is 4.74 Å². The van der Waals surface area contributed by atoms with Gasteiger partial charge in [-0.2, -0.15) is 0 Å². The van der Waals surface area contributed by atoms with E-state index in [0.717, 1.165) is 38.4 Å². The average molecular weight is 310 g/mol. The molecule has 0 amide bonds. The van der Waals surface area contributed by atoms with Crippen molar-refractivity contribution < 1.29 is 19.0 Å². The molecular weight excluding hydrogens is 287 g/mol. The van der Waals surface area contributed by atoms with Gasteiger partial charge in [0.15, 0.2) is 11.6 Å². The Balaban J connectivity index is 1.60. The third kappa shape index (κ3) is 3.41. The highest BCUT2D eigenvalue weighted by Crippen LogP contribution is 2.22. The van der Waals surface area contributed by atoms with Crippen LogP contribution in [0.3, 0.4) is 0 Å². The predicted octanol–water partition coefficient (Wildman–Crippen LogP) is 0.712. The third-order valence-corrected chi connectivity index (χ3v) is 4.47. The Morgan fingerprint density at radius 3 is 2.77 bits per heavy atom. The van der Waals surface area contributed by atoms with Crippen molar-refractivity contribution in [1.29, 1.82) is 0 Å². The molecule has 2 aliphatic rings. The maximum Gasteiger partial charge on any atom is 0.165 e. The zero-order valence-electron chi connectivity index (χ0n) is 12.9. The number of morpholine rings is 1. The maximum atomic E-state index is 13.8. The number of hydrogen-bond acceptors (Lipinski definition) is 5. The topological polar surface area (TPSA) is 45.2 Å². The summed E-state index contributed by atoms with van der Waals surface area (Å²) in [5.74, 6) is -0.0825. The molecule has 3 rings (SSSR count). The van der Waals surface area contributed by atoms with E-state index in [1.165, 1.54) is 13.2 Å². The Bertz CT molecular complexity index is 508. The normalized spacial score (nSPS) is 27.2. The van der Waals surface area contributed by atoms with Crippen LogP contribution in [0.25, 0.3) is 0 Å². The van der Waals surface area contributed by atoms with Gasteiger partial charge in [0, 0.05) is 38.8 Å². The molecule has 2 saturated heterocycles. The summed E-state index contributed by atoms with van der Waals surface area (Å²) in [7, 11) is 1.46. The molecule has 1 N–H and O–H groups in total. The second kappa shape index (κ2) is 6.91. The van der Waals surface area contributed by atoms with Crippen molar-refractivity contribution in [3.63, 3.8) is 0 Å². The average Bonchev–Trinajstić information content (AvgIpc) is 2.89. The quantitative estimate of drug-likeness (QED) is 0.887. The fourth-order valence-electron chi connectivity index (χ4n) is 3.31. The first-order valence-electron chi connectivity index (χ1n) is 7.72. The van der Waals surface area contributed by atoms with Crippen molar-refractivity contribution in [2.45, 2.75) is 18.7 Å². The molecule has 2 atom stereocenters. The van der Waals surface area contributed by atoms with E-state index in [1.807, 2.05) is 6.07 Å². The molecule has 2 aliphatic heterocycles. The van der Waals surface area contributed by atoms with E-state index in [9.17, 15) is 9.50 Å². The molecule has 1 aromatic carbocycles. The molecule has 0 saturated carbocycles. The van der Waals surface area contributed by atoms with Gasteiger partial charge in [-0.1, -0.05) is 6.07 Å². The zero-order valence-corrected chi connectivity index (χ0v) is 12.9. The van der Waals surface area contributed by atoms with Crippen LogP contribution in [0.1, 0.15) is 5.56 Å². The lowest BCUT2D eigenvalue weighted by atomic mass is 10.1. The first-order valence-corrected chi connectivity index (χ1v) is 7.72. The Morgan fingerprint density at radius 2 is 2.09 bits per heavy atom. The number of nitrogens with zero attached hydrogens (tertiary/aromatic N) is 2. The SMILES string of the molecule is COc1ccc(CN2C[C@@H](O)[C@H](N3CCOCC3)C2)cc1F. The molecular formula is C16H23FN2O3. The van der Waals surface area contributed by atoms with Crippen molar-refractivity contribution in [2.75, 3.05) is 46.5 Å². The van der Waals surface area contributed by atoms with Gasteiger partial charge in [-0.25, -0.2) is 4.39 Å². The fraction of sp³-hybridized carbons (Fsp3) is 0.625. The van der Waals surface area contributed by atoms with Crippen LogP contribution in [0.2, 0.25) is 0 Å². The minimum atomic E-state index is -0.360. The number of ether oxygens (including phenoxy) is 2. The van der Waals surface area contributed by atoms with Crippen LogP contribution in [0.5, 0.6) is 5.75 Å². The minimum Gasteiger partial charge on any atom is -0.494 e. The van der Waals surface area contributed by atoms with Gasteiger partial charge in [-0.3, -0.25) is 9.80 Å². The molecule has 0 spiro atoms. The summed E-state index contributed by atoms with van der Waals surface area (Å²) in [6, 6.07) is 5.17. The summed E-state index contributed by atoms with van der Waals surface area (Å²) in [6.45, 7) is 5.25. The molecule has 2 fully saturated rings. The molecule has 0 bridgehead atoms. The van der Waals surface area contributed by atoms with Crippen LogP contribution in [0.4, 0.5) is 4.39 Å². The zero-order chi connectivity index (χ0) is 15.5.